The molecule has 0 radical (unpaired) electrons. The molecule has 0 bridgehead atoms. The summed E-state index contributed by atoms with van der Waals surface area (Å²) >= 11 is 0. The molecule has 16 heavy (non-hydrogen) atoms. The fraction of sp³-hybridized carbons (Fsp3) is 1.00. The fourth-order valence-corrected chi connectivity index (χ4v) is 4.14. The van der Waals surface area contributed by atoms with Crippen molar-refractivity contribution in [2.24, 2.45) is 11.3 Å². The van der Waals surface area contributed by atoms with Crippen molar-refractivity contribution in [1.29, 1.82) is 0 Å². The van der Waals surface area contributed by atoms with Crippen molar-refractivity contribution in [2.45, 2.75) is 77.7 Å². The van der Waals surface area contributed by atoms with E-state index in [-0.39, 0.29) is 0 Å². The molecule has 0 aromatic rings. The van der Waals surface area contributed by atoms with Crippen molar-refractivity contribution >= 4 is 0 Å². The topological polar surface area (TPSA) is 12.0 Å². The lowest BCUT2D eigenvalue weighted by Gasteiger charge is -2.48. The maximum Gasteiger partial charge on any atom is 0.0258 e. The van der Waals surface area contributed by atoms with Gasteiger partial charge in [0.25, 0.3) is 0 Å². The molecule has 1 unspecified atom stereocenters. The van der Waals surface area contributed by atoms with Gasteiger partial charge in [0, 0.05) is 5.54 Å². The Kier molecular flexibility index (Phi) is 3.63. The molecule has 1 N–H and O–H groups in total. The Morgan fingerprint density at radius 2 is 1.56 bits per heavy atom. The molecule has 0 aromatic carbocycles. The zero-order chi connectivity index (χ0) is 11.6. The van der Waals surface area contributed by atoms with Crippen molar-refractivity contribution in [3.63, 3.8) is 0 Å². The maximum atomic E-state index is 3.91. The third kappa shape index (κ3) is 2.16. The molecule has 0 spiro atoms. The summed E-state index contributed by atoms with van der Waals surface area (Å²) in [6.45, 7) is 8.57. The summed E-state index contributed by atoms with van der Waals surface area (Å²) in [7, 11) is 0. The molecule has 1 aliphatic carbocycles. The van der Waals surface area contributed by atoms with E-state index < -0.39 is 0 Å². The number of hydrogen-bond donors (Lipinski definition) is 1. The Balaban J connectivity index is 2.17. The van der Waals surface area contributed by atoms with Gasteiger partial charge >= 0.3 is 0 Å². The predicted octanol–water partition coefficient (Wildman–Crippen LogP) is 4.13. The van der Waals surface area contributed by atoms with E-state index in [1.54, 1.807) is 0 Å². The molecule has 0 aromatic heterocycles. The minimum atomic E-state index is 0.415. The molecule has 94 valence electrons. The lowest BCUT2D eigenvalue weighted by atomic mass is 9.63. The van der Waals surface area contributed by atoms with Crippen molar-refractivity contribution in [3.05, 3.63) is 0 Å². The Morgan fingerprint density at radius 3 is 2.00 bits per heavy atom. The van der Waals surface area contributed by atoms with Gasteiger partial charge in [-0.3, -0.25) is 0 Å². The van der Waals surface area contributed by atoms with Crippen LogP contribution in [0.2, 0.25) is 0 Å². The summed E-state index contributed by atoms with van der Waals surface area (Å²) in [5, 5.41) is 3.91. The first-order valence-corrected chi connectivity index (χ1v) is 7.31. The first-order valence-electron chi connectivity index (χ1n) is 7.31. The zero-order valence-corrected chi connectivity index (χ0v) is 11.4. The molecule has 2 fully saturated rings. The monoisotopic (exact) mass is 223 g/mol. The van der Waals surface area contributed by atoms with E-state index in [1.807, 2.05) is 0 Å². The summed E-state index contributed by atoms with van der Waals surface area (Å²) < 4.78 is 0. The molecule has 0 amide bonds. The third-order valence-corrected chi connectivity index (χ3v) is 5.08. The second-order valence-corrected chi connectivity index (χ2v) is 6.94. The van der Waals surface area contributed by atoms with E-state index >= 15 is 0 Å². The SMILES string of the molecule is CC(C)(C)C1(C2CCCCCC2)CCCN1. The van der Waals surface area contributed by atoms with Gasteiger partial charge in [0.1, 0.15) is 0 Å². The molecule has 1 heteroatoms. The first kappa shape index (κ1) is 12.4. The Labute approximate surface area is 101 Å². The average molecular weight is 223 g/mol. The summed E-state index contributed by atoms with van der Waals surface area (Å²) in [5.41, 5.74) is 0.857. The van der Waals surface area contributed by atoms with Crippen molar-refractivity contribution in [3.8, 4) is 0 Å². The highest BCUT2D eigenvalue weighted by molar-refractivity contribution is 5.06. The number of nitrogens with one attached hydrogen (secondary N) is 1. The minimum absolute atomic E-state index is 0.415. The van der Waals surface area contributed by atoms with Crippen LogP contribution in [0.4, 0.5) is 0 Å². The summed E-state index contributed by atoms with van der Waals surface area (Å²) in [5.74, 6) is 0.928. The molecule has 1 saturated heterocycles. The summed E-state index contributed by atoms with van der Waals surface area (Å²) in [6.07, 6.45) is 11.6. The van der Waals surface area contributed by atoms with E-state index in [9.17, 15) is 0 Å². The van der Waals surface area contributed by atoms with Crippen LogP contribution in [0.1, 0.15) is 72.1 Å². The van der Waals surface area contributed by atoms with Gasteiger partial charge in [0.2, 0.25) is 0 Å². The Bertz CT molecular complexity index is 212. The summed E-state index contributed by atoms with van der Waals surface area (Å²) in [6, 6.07) is 0. The van der Waals surface area contributed by atoms with Crippen LogP contribution in [-0.4, -0.2) is 12.1 Å². The van der Waals surface area contributed by atoms with Gasteiger partial charge in [-0.2, -0.15) is 0 Å². The molecular weight excluding hydrogens is 194 g/mol. The highest BCUT2D eigenvalue weighted by Gasteiger charge is 2.48. The van der Waals surface area contributed by atoms with E-state index in [4.69, 9.17) is 0 Å². The van der Waals surface area contributed by atoms with Crippen LogP contribution in [0.5, 0.6) is 0 Å². The van der Waals surface area contributed by atoms with E-state index in [1.165, 1.54) is 57.9 Å². The van der Waals surface area contributed by atoms with Crippen LogP contribution >= 0.6 is 0 Å². The highest BCUT2D eigenvalue weighted by Crippen LogP contribution is 2.47. The summed E-state index contributed by atoms with van der Waals surface area (Å²) in [4.78, 5) is 0. The number of rotatable bonds is 1. The molecule has 1 heterocycles. The second kappa shape index (κ2) is 4.68. The third-order valence-electron chi connectivity index (χ3n) is 5.08. The smallest absolute Gasteiger partial charge is 0.0258 e. The Hall–Kier alpha value is -0.0400. The van der Waals surface area contributed by atoms with Gasteiger partial charge in [0.15, 0.2) is 0 Å². The molecular formula is C15H29N. The van der Waals surface area contributed by atoms with Gasteiger partial charge in [0.05, 0.1) is 0 Å². The largest absolute Gasteiger partial charge is 0.310 e. The molecule has 1 aliphatic heterocycles. The predicted molar refractivity (Wildman–Crippen MR) is 70.6 cm³/mol. The molecule has 1 atom stereocenters. The van der Waals surface area contributed by atoms with Crippen LogP contribution in [0.3, 0.4) is 0 Å². The second-order valence-electron chi connectivity index (χ2n) is 6.94. The lowest BCUT2D eigenvalue weighted by molar-refractivity contribution is 0.0768. The minimum Gasteiger partial charge on any atom is -0.310 e. The van der Waals surface area contributed by atoms with Gasteiger partial charge in [-0.25, -0.2) is 0 Å². The molecule has 2 rings (SSSR count). The average Bonchev–Trinajstić information content (AvgIpc) is 2.56. The highest BCUT2D eigenvalue weighted by atomic mass is 15.0. The van der Waals surface area contributed by atoms with Crippen LogP contribution < -0.4 is 5.32 Å². The van der Waals surface area contributed by atoms with Crippen LogP contribution in [0.15, 0.2) is 0 Å². The van der Waals surface area contributed by atoms with E-state index in [2.05, 4.69) is 26.1 Å². The molecule has 2 aliphatic rings. The standard InChI is InChI=1S/C15H29N/c1-14(2,3)15(11-8-12-16-15)13-9-6-4-5-7-10-13/h13,16H,4-12H2,1-3H3. The normalized spacial score (nSPS) is 33.9. The maximum absolute atomic E-state index is 3.91. The van der Waals surface area contributed by atoms with Crippen molar-refractivity contribution in [2.75, 3.05) is 6.54 Å². The van der Waals surface area contributed by atoms with Gasteiger partial charge < -0.3 is 5.32 Å². The first-order chi connectivity index (χ1) is 7.56. The van der Waals surface area contributed by atoms with E-state index in [0.717, 1.165) is 5.92 Å². The van der Waals surface area contributed by atoms with Crippen molar-refractivity contribution < 1.29 is 0 Å². The van der Waals surface area contributed by atoms with Gasteiger partial charge in [-0.1, -0.05) is 46.5 Å². The van der Waals surface area contributed by atoms with Gasteiger partial charge in [-0.15, -0.1) is 0 Å². The molecule has 1 nitrogen and oxygen atoms in total. The van der Waals surface area contributed by atoms with Crippen LogP contribution in [0, 0.1) is 11.3 Å². The van der Waals surface area contributed by atoms with Crippen LogP contribution in [-0.2, 0) is 0 Å². The Morgan fingerprint density at radius 1 is 0.938 bits per heavy atom. The number of hydrogen-bond acceptors (Lipinski definition) is 1. The van der Waals surface area contributed by atoms with Crippen LogP contribution in [0.25, 0.3) is 0 Å². The lowest BCUT2D eigenvalue weighted by Crippen LogP contribution is -2.56. The van der Waals surface area contributed by atoms with Gasteiger partial charge in [-0.05, 0) is 43.6 Å². The zero-order valence-electron chi connectivity index (χ0n) is 11.4. The molecule has 1 saturated carbocycles. The quantitative estimate of drug-likeness (QED) is 0.659. The van der Waals surface area contributed by atoms with E-state index in [0.29, 0.717) is 11.0 Å². The fourth-order valence-electron chi connectivity index (χ4n) is 4.14. The van der Waals surface area contributed by atoms with Crippen molar-refractivity contribution in [1.82, 2.24) is 5.32 Å².